The van der Waals surface area contributed by atoms with Gasteiger partial charge in [0.05, 0.1) is 10.5 Å². The van der Waals surface area contributed by atoms with Crippen LogP contribution >= 0.6 is 0 Å². The van der Waals surface area contributed by atoms with Crippen LogP contribution in [0.4, 0.5) is 11.6 Å². The van der Waals surface area contributed by atoms with Gasteiger partial charge in [0.1, 0.15) is 0 Å². The van der Waals surface area contributed by atoms with Crippen LogP contribution in [0.3, 0.4) is 0 Å². The maximum atomic E-state index is 12.4. The van der Waals surface area contributed by atoms with E-state index in [9.17, 15) is 18.0 Å². The van der Waals surface area contributed by atoms with Crippen molar-refractivity contribution in [3.05, 3.63) is 78.6 Å². The van der Waals surface area contributed by atoms with Crippen LogP contribution in [0.5, 0.6) is 0 Å². The molecule has 0 radical (unpaired) electrons. The molecule has 3 rings (SSSR count). The molecule has 0 saturated heterocycles. The molecule has 3 aromatic rings. The van der Waals surface area contributed by atoms with Gasteiger partial charge in [-0.2, -0.15) is 0 Å². The highest BCUT2D eigenvalue weighted by Crippen LogP contribution is 2.17. The summed E-state index contributed by atoms with van der Waals surface area (Å²) in [7, 11) is -3.81. The number of hydrogen-bond acceptors (Lipinski definition) is 7. The van der Waals surface area contributed by atoms with Crippen molar-refractivity contribution < 1.29 is 22.7 Å². The molecule has 1 amide bonds. The number of esters is 1. The SMILES string of the molecule is CC(OC(=O)c1ccc(S(=O)(=O)Nc2ccccc2)cc1)C(=O)Nc1ncccn1. The normalized spacial score (nSPS) is 11.9. The smallest absolute Gasteiger partial charge is 0.338 e. The molecule has 0 aliphatic carbocycles. The molecule has 2 aromatic carbocycles. The Morgan fingerprint density at radius 2 is 1.57 bits per heavy atom. The van der Waals surface area contributed by atoms with Gasteiger partial charge >= 0.3 is 5.97 Å². The monoisotopic (exact) mass is 426 g/mol. The minimum Gasteiger partial charge on any atom is -0.449 e. The van der Waals surface area contributed by atoms with E-state index in [4.69, 9.17) is 4.74 Å². The summed E-state index contributed by atoms with van der Waals surface area (Å²) in [6.45, 7) is 1.40. The van der Waals surface area contributed by atoms with E-state index in [0.717, 1.165) is 0 Å². The summed E-state index contributed by atoms with van der Waals surface area (Å²) in [4.78, 5) is 32.0. The highest BCUT2D eigenvalue weighted by molar-refractivity contribution is 7.92. The van der Waals surface area contributed by atoms with Crippen LogP contribution in [0.2, 0.25) is 0 Å². The third-order valence-corrected chi connectivity index (χ3v) is 5.28. The van der Waals surface area contributed by atoms with Gasteiger partial charge in [-0.3, -0.25) is 14.8 Å². The average Bonchev–Trinajstić information content (AvgIpc) is 2.75. The van der Waals surface area contributed by atoms with E-state index in [0.29, 0.717) is 5.69 Å². The van der Waals surface area contributed by atoms with Crippen molar-refractivity contribution in [1.82, 2.24) is 9.97 Å². The Kier molecular flexibility index (Phi) is 6.38. The Balaban J connectivity index is 1.62. The van der Waals surface area contributed by atoms with Crippen molar-refractivity contribution in [3.63, 3.8) is 0 Å². The molecule has 0 fully saturated rings. The first-order chi connectivity index (χ1) is 14.3. The van der Waals surface area contributed by atoms with Crippen molar-refractivity contribution in [2.75, 3.05) is 10.0 Å². The highest BCUT2D eigenvalue weighted by atomic mass is 32.2. The second-order valence-electron chi connectivity index (χ2n) is 6.11. The molecule has 0 spiro atoms. The summed E-state index contributed by atoms with van der Waals surface area (Å²) in [5.74, 6) is -1.28. The number of sulfonamides is 1. The average molecular weight is 426 g/mol. The zero-order chi connectivity index (χ0) is 21.6. The van der Waals surface area contributed by atoms with Crippen LogP contribution in [-0.4, -0.2) is 36.4 Å². The number of anilines is 2. The summed E-state index contributed by atoms with van der Waals surface area (Å²) in [6.07, 6.45) is 1.81. The first kappa shape index (κ1) is 20.9. The summed E-state index contributed by atoms with van der Waals surface area (Å²) >= 11 is 0. The summed E-state index contributed by atoms with van der Waals surface area (Å²) in [6, 6.07) is 15.2. The van der Waals surface area contributed by atoms with Gasteiger partial charge < -0.3 is 4.74 Å². The molecule has 1 heterocycles. The van der Waals surface area contributed by atoms with Crippen LogP contribution in [0, 0.1) is 0 Å². The quantitative estimate of drug-likeness (QED) is 0.556. The van der Waals surface area contributed by atoms with Crippen LogP contribution in [0.15, 0.2) is 78.0 Å². The van der Waals surface area contributed by atoms with Crippen molar-refractivity contribution in [3.8, 4) is 0 Å². The molecule has 0 aliphatic heterocycles. The van der Waals surface area contributed by atoms with Crippen molar-refractivity contribution in [2.45, 2.75) is 17.9 Å². The predicted octanol–water partition coefficient (Wildman–Crippen LogP) is 2.46. The van der Waals surface area contributed by atoms with Crippen molar-refractivity contribution in [1.29, 1.82) is 0 Å². The Morgan fingerprint density at radius 3 is 2.20 bits per heavy atom. The fourth-order valence-corrected chi connectivity index (χ4v) is 3.41. The highest BCUT2D eigenvalue weighted by Gasteiger charge is 2.21. The number of amides is 1. The molecular formula is C20H18N4O5S. The molecule has 0 saturated carbocycles. The van der Waals surface area contributed by atoms with Crippen LogP contribution in [0.1, 0.15) is 17.3 Å². The van der Waals surface area contributed by atoms with E-state index in [1.54, 1.807) is 36.4 Å². The topological polar surface area (TPSA) is 127 Å². The molecule has 30 heavy (non-hydrogen) atoms. The molecule has 1 unspecified atom stereocenters. The van der Waals surface area contributed by atoms with Gasteiger partial charge in [-0.1, -0.05) is 18.2 Å². The summed E-state index contributed by atoms with van der Waals surface area (Å²) in [5, 5.41) is 2.42. The Labute approximate surface area is 173 Å². The van der Waals surface area contributed by atoms with Crippen LogP contribution in [0.25, 0.3) is 0 Å². The van der Waals surface area contributed by atoms with Gasteiger partial charge in [0, 0.05) is 18.1 Å². The van der Waals surface area contributed by atoms with Gasteiger partial charge in [0.25, 0.3) is 15.9 Å². The maximum absolute atomic E-state index is 12.4. The molecule has 10 heteroatoms. The summed E-state index contributed by atoms with van der Waals surface area (Å²) < 4.78 is 32.4. The zero-order valence-corrected chi connectivity index (χ0v) is 16.7. The van der Waals surface area contributed by atoms with Crippen molar-refractivity contribution >= 4 is 33.5 Å². The number of aromatic nitrogens is 2. The number of para-hydroxylation sites is 1. The standard InChI is InChI=1S/C20H18N4O5S/c1-14(18(25)23-20-21-12-5-13-22-20)29-19(26)15-8-10-17(11-9-15)30(27,28)24-16-6-3-2-4-7-16/h2-14,24H,1H3,(H,21,22,23,25). The number of carbonyl (C=O) groups is 2. The molecular weight excluding hydrogens is 408 g/mol. The lowest BCUT2D eigenvalue weighted by Gasteiger charge is -2.13. The van der Waals surface area contributed by atoms with Gasteiger partial charge in [0.15, 0.2) is 6.10 Å². The predicted molar refractivity (Wildman–Crippen MR) is 109 cm³/mol. The maximum Gasteiger partial charge on any atom is 0.338 e. The van der Waals surface area contributed by atoms with Crippen molar-refractivity contribution in [2.24, 2.45) is 0 Å². The van der Waals surface area contributed by atoms with E-state index in [1.807, 2.05) is 0 Å². The lowest BCUT2D eigenvalue weighted by Crippen LogP contribution is -2.30. The molecule has 0 aliphatic rings. The molecule has 1 atom stereocenters. The Hall–Kier alpha value is -3.79. The number of nitrogens with one attached hydrogen (secondary N) is 2. The largest absolute Gasteiger partial charge is 0.449 e. The number of benzene rings is 2. The molecule has 9 nitrogen and oxygen atoms in total. The van der Waals surface area contributed by atoms with Gasteiger partial charge in [-0.25, -0.2) is 23.2 Å². The minimum absolute atomic E-state index is 0.0186. The third-order valence-electron chi connectivity index (χ3n) is 3.88. The number of nitrogens with zero attached hydrogens (tertiary/aromatic N) is 2. The van der Waals surface area contributed by atoms with E-state index in [1.165, 1.54) is 43.6 Å². The lowest BCUT2D eigenvalue weighted by atomic mass is 10.2. The van der Waals surface area contributed by atoms with Crippen LogP contribution in [-0.2, 0) is 19.6 Å². The second kappa shape index (κ2) is 9.14. The van der Waals surface area contributed by atoms with E-state index in [2.05, 4.69) is 20.0 Å². The fraction of sp³-hybridized carbons (Fsp3) is 0.100. The first-order valence-corrected chi connectivity index (χ1v) is 10.3. The number of ether oxygens (including phenoxy) is 1. The van der Waals surface area contributed by atoms with E-state index < -0.39 is 28.0 Å². The first-order valence-electron chi connectivity index (χ1n) is 8.82. The molecule has 154 valence electrons. The summed E-state index contributed by atoms with van der Waals surface area (Å²) in [5.41, 5.74) is 0.521. The molecule has 1 aromatic heterocycles. The zero-order valence-electron chi connectivity index (χ0n) is 15.8. The van der Waals surface area contributed by atoms with Crippen LogP contribution < -0.4 is 10.0 Å². The number of rotatable bonds is 7. The number of hydrogen-bond donors (Lipinski definition) is 2. The Bertz CT molecular complexity index is 1120. The third kappa shape index (κ3) is 5.39. The van der Waals surface area contributed by atoms with E-state index in [-0.39, 0.29) is 16.4 Å². The molecule has 2 N–H and O–H groups in total. The lowest BCUT2D eigenvalue weighted by molar-refractivity contribution is -0.123. The number of carbonyl (C=O) groups excluding carboxylic acids is 2. The fourth-order valence-electron chi connectivity index (χ4n) is 2.35. The van der Waals surface area contributed by atoms with E-state index >= 15 is 0 Å². The van der Waals surface area contributed by atoms with Gasteiger partial charge in [-0.15, -0.1) is 0 Å². The Morgan fingerprint density at radius 1 is 0.933 bits per heavy atom. The minimum atomic E-state index is -3.81. The van der Waals surface area contributed by atoms with Gasteiger partial charge in [0.2, 0.25) is 5.95 Å². The molecule has 0 bridgehead atoms. The second-order valence-corrected chi connectivity index (χ2v) is 7.79. The van der Waals surface area contributed by atoms with Gasteiger partial charge in [-0.05, 0) is 49.4 Å².